The molecule has 1 aromatic rings. The number of ether oxygens (including phenoxy) is 1. The van der Waals surface area contributed by atoms with Crippen molar-refractivity contribution in [2.75, 3.05) is 26.7 Å². The maximum atomic E-state index is 11.2. The van der Waals surface area contributed by atoms with Crippen molar-refractivity contribution in [3.8, 4) is 5.75 Å². The molecule has 0 radical (unpaired) electrons. The van der Waals surface area contributed by atoms with Crippen LogP contribution in [0.15, 0.2) is 24.3 Å². The molecule has 0 unspecified atom stereocenters. The van der Waals surface area contributed by atoms with E-state index in [-0.39, 0.29) is 12.5 Å². The minimum atomic E-state index is -0.0741. The largest absolute Gasteiger partial charge is 0.492 e. The summed E-state index contributed by atoms with van der Waals surface area (Å²) in [5.74, 6) is 0.755. The predicted octanol–water partition coefficient (Wildman–Crippen LogP) is 1.04. The molecule has 17 heavy (non-hydrogen) atoms. The molecule has 2 N–H and O–H groups in total. The molecule has 0 aliphatic heterocycles. The van der Waals surface area contributed by atoms with Gasteiger partial charge in [0.2, 0.25) is 5.91 Å². The smallest absolute Gasteiger partial charge is 0.236 e. The highest BCUT2D eigenvalue weighted by atomic mass is 16.5. The van der Waals surface area contributed by atoms with Crippen LogP contribution in [0.2, 0.25) is 0 Å². The highest BCUT2D eigenvalue weighted by molar-refractivity contribution is 5.77. The first-order valence-corrected chi connectivity index (χ1v) is 5.83. The molecule has 1 aromatic carbocycles. The molecule has 0 aliphatic rings. The SMILES string of the molecule is CCc1ccc(OCCN(C)C(=O)CN)cc1. The summed E-state index contributed by atoms with van der Waals surface area (Å²) in [4.78, 5) is 12.8. The van der Waals surface area contributed by atoms with Crippen molar-refractivity contribution in [3.05, 3.63) is 29.8 Å². The van der Waals surface area contributed by atoms with Crippen LogP contribution in [-0.2, 0) is 11.2 Å². The standard InChI is InChI=1S/C13H20N2O2/c1-3-11-4-6-12(7-5-11)17-9-8-15(2)13(16)10-14/h4-7H,3,8-10,14H2,1-2H3. The Hall–Kier alpha value is -1.55. The average molecular weight is 236 g/mol. The Kier molecular flexibility index (Phi) is 5.49. The van der Waals surface area contributed by atoms with Crippen LogP contribution >= 0.6 is 0 Å². The molecule has 0 spiro atoms. The number of aryl methyl sites for hydroxylation is 1. The third-order valence-electron chi connectivity index (χ3n) is 2.63. The number of nitrogens with zero attached hydrogens (tertiary/aromatic N) is 1. The predicted molar refractivity (Wildman–Crippen MR) is 68.0 cm³/mol. The summed E-state index contributed by atoms with van der Waals surface area (Å²) in [6.07, 6.45) is 1.02. The number of nitrogens with two attached hydrogens (primary N) is 1. The van der Waals surface area contributed by atoms with Gasteiger partial charge < -0.3 is 15.4 Å². The highest BCUT2D eigenvalue weighted by Crippen LogP contribution is 2.12. The maximum Gasteiger partial charge on any atom is 0.236 e. The van der Waals surface area contributed by atoms with E-state index in [0.717, 1.165) is 12.2 Å². The van der Waals surface area contributed by atoms with Crippen LogP contribution in [-0.4, -0.2) is 37.6 Å². The average Bonchev–Trinajstić information content (AvgIpc) is 2.38. The van der Waals surface area contributed by atoms with Gasteiger partial charge in [0.15, 0.2) is 0 Å². The lowest BCUT2D eigenvalue weighted by atomic mass is 10.2. The van der Waals surface area contributed by atoms with Crippen LogP contribution in [0.25, 0.3) is 0 Å². The van der Waals surface area contributed by atoms with Gasteiger partial charge in [0.1, 0.15) is 12.4 Å². The van der Waals surface area contributed by atoms with Gasteiger partial charge in [-0.3, -0.25) is 4.79 Å². The van der Waals surface area contributed by atoms with Crippen LogP contribution < -0.4 is 10.5 Å². The lowest BCUT2D eigenvalue weighted by Gasteiger charge is -2.16. The summed E-state index contributed by atoms with van der Waals surface area (Å²) in [5.41, 5.74) is 6.54. The Balaban J connectivity index is 2.33. The summed E-state index contributed by atoms with van der Waals surface area (Å²) in [6.45, 7) is 3.18. The first-order chi connectivity index (χ1) is 8.17. The summed E-state index contributed by atoms with van der Waals surface area (Å²) in [7, 11) is 1.72. The lowest BCUT2D eigenvalue weighted by molar-refractivity contribution is -0.128. The zero-order chi connectivity index (χ0) is 12.7. The maximum absolute atomic E-state index is 11.2. The normalized spacial score (nSPS) is 10.1. The Bertz CT molecular complexity index is 349. The van der Waals surface area contributed by atoms with Gasteiger partial charge in [-0.05, 0) is 24.1 Å². The molecule has 1 rings (SSSR count). The van der Waals surface area contributed by atoms with Gasteiger partial charge in [0.05, 0.1) is 13.1 Å². The minimum absolute atomic E-state index is 0.0434. The number of hydrogen-bond donors (Lipinski definition) is 1. The number of carbonyl (C=O) groups is 1. The van der Waals surface area contributed by atoms with Crippen LogP contribution in [0.4, 0.5) is 0 Å². The Morgan fingerprint density at radius 3 is 2.53 bits per heavy atom. The van der Waals surface area contributed by atoms with Gasteiger partial charge in [0, 0.05) is 7.05 Å². The highest BCUT2D eigenvalue weighted by Gasteiger charge is 2.05. The van der Waals surface area contributed by atoms with E-state index in [4.69, 9.17) is 10.5 Å². The Labute approximate surface area is 102 Å². The van der Waals surface area contributed by atoms with Gasteiger partial charge in [-0.25, -0.2) is 0 Å². The zero-order valence-electron chi connectivity index (χ0n) is 10.5. The summed E-state index contributed by atoms with van der Waals surface area (Å²) >= 11 is 0. The molecule has 0 saturated carbocycles. The van der Waals surface area contributed by atoms with Crippen molar-refractivity contribution in [1.82, 2.24) is 4.90 Å². The molecule has 4 heteroatoms. The molecule has 0 heterocycles. The number of amides is 1. The first kappa shape index (κ1) is 13.5. The van der Waals surface area contributed by atoms with Crippen molar-refractivity contribution in [1.29, 1.82) is 0 Å². The van der Waals surface area contributed by atoms with E-state index in [2.05, 4.69) is 6.92 Å². The van der Waals surface area contributed by atoms with E-state index in [0.29, 0.717) is 13.2 Å². The minimum Gasteiger partial charge on any atom is -0.492 e. The second-order valence-corrected chi connectivity index (χ2v) is 3.87. The second kappa shape index (κ2) is 6.91. The Morgan fingerprint density at radius 2 is 2.00 bits per heavy atom. The van der Waals surface area contributed by atoms with Crippen molar-refractivity contribution in [2.24, 2.45) is 5.73 Å². The van der Waals surface area contributed by atoms with Crippen LogP contribution in [0, 0.1) is 0 Å². The zero-order valence-corrected chi connectivity index (χ0v) is 10.5. The van der Waals surface area contributed by atoms with E-state index in [1.54, 1.807) is 11.9 Å². The van der Waals surface area contributed by atoms with Crippen molar-refractivity contribution in [2.45, 2.75) is 13.3 Å². The number of hydrogen-bond acceptors (Lipinski definition) is 3. The van der Waals surface area contributed by atoms with E-state index < -0.39 is 0 Å². The van der Waals surface area contributed by atoms with Gasteiger partial charge in [0.25, 0.3) is 0 Å². The molecular formula is C13H20N2O2. The molecule has 0 aromatic heterocycles. The fourth-order valence-corrected chi connectivity index (χ4v) is 1.40. The lowest BCUT2D eigenvalue weighted by Crippen LogP contribution is -2.35. The molecule has 0 aliphatic carbocycles. The topological polar surface area (TPSA) is 55.6 Å². The van der Waals surface area contributed by atoms with Crippen LogP contribution in [0.1, 0.15) is 12.5 Å². The third kappa shape index (κ3) is 4.44. The van der Waals surface area contributed by atoms with E-state index >= 15 is 0 Å². The molecule has 0 bridgehead atoms. The third-order valence-corrected chi connectivity index (χ3v) is 2.63. The van der Waals surface area contributed by atoms with Crippen molar-refractivity contribution < 1.29 is 9.53 Å². The molecule has 94 valence electrons. The molecular weight excluding hydrogens is 216 g/mol. The number of benzene rings is 1. The van der Waals surface area contributed by atoms with Crippen molar-refractivity contribution >= 4 is 5.91 Å². The summed E-state index contributed by atoms with van der Waals surface area (Å²) < 4.78 is 5.54. The van der Waals surface area contributed by atoms with Gasteiger partial charge in [-0.1, -0.05) is 19.1 Å². The second-order valence-electron chi connectivity index (χ2n) is 3.87. The summed E-state index contributed by atoms with van der Waals surface area (Å²) in [5, 5.41) is 0. The number of likely N-dealkylation sites (N-methyl/N-ethyl adjacent to an activating group) is 1. The molecule has 0 atom stereocenters. The molecule has 0 fully saturated rings. The van der Waals surface area contributed by atoms with Gasteiger partial charge >= 0.3 is 0 Å². The van der Waals surface area contributed by atoms with Crippen LogP contribution in [0.5, 0.6) is 5.75 Å². The van der Waals surface area contributed by atoms with E-state index in [9.17, 15) is 4.79 Å². The van der Waals surface area contributed by atoms with Crippen molar-refractivity contribution in [3.63, 3.8) is 0 Å². The molecule has 1 amide bonds. The Morgan fingerprint density at radius 1 is 1.35 bits per heavy atom. The number of carbonyl (C=O) groups excluding carboxylic acids is 1. The van der Waals surface area contributed by atoms with E-state index in [1.165, 1.54) is 5.56 Å². The molecule has 0 saturated heterocycles. The fraction of sp³-hybridized carbons (Fsp3) is 0.462. The van der Waals surface area contributed by atoms with E-state index in [1.807, 2.05) is 24.3 Å². The van der Waals surface area contributed by atoms with Crippen LogP contribution in [0.3, 0.4) is 0 Å². The van der Waals surface area contributed by atoms with Gasteiger partial charge in [-0.15, -0.1) is 0 Å². The quantitative estimate of drug-likeness (QED) is 0.803. The summed E-state index contributed by atoms with van der Waals surface area (Å²) in [6, 6.07) is 7.99. The molecule has 4 nitrogen and oxygen atoms in total. The fourth-order valence-electron chi connectivity index (χ4n) is 1.40. The first-order valence-electron chi connectivity index (χ1n) is 5.83. The number of rotatable bonds is 6. The monoisotopic (exact) mass is 236 g/mol. The van der Waals surface area contributed by atoms with Gasteiger partial charge in [-0.2, -0.15) is 0 Å².